The normalized spacial score (nSPS) is 42.8. The highest BCUT2D eigenvalue weighted by Crippen LogP contribution is 2.58. The molecular formula is C21H31N3O4. The van der Waals surface area contributed by atoms with Gasteiger partial charge in [-0.2, -0.15) is 0 Å². The highest BCUT2D eigenvalue weighted by Gasteiger charge is 2.65. The van der Waals surface area contributed by atoms with Crippen LogP contribution in [0.25, 0.3) is 0 Å². The number of nitrogens with zero attached hydrogens (tertiary/aromatic N) is 3. The second-order valence-corrected chi connectivity index (χ2v) is 10.2. The minimum atomic E-state index is -0.146. The van der Waals surface area contributed by atoms with Crippen LogP contribution in [0.3, 0.4) is 0 Å². The van der Waals surface area contributed by atoms with Crippen LogP contribution >= 0.6 is 0 Å². The molecule has 1 unspecified atom stereocenters. The van der Waals surface area contributed by atoms with E-state index in [-0.39, 0.29) is 17.6 Å². The van der Waals surface area contributed by atoms with Gasteiger partial charge in [0.2, 0.25) is 5.91 Å². The van der Waals surface area contributed by atoms with Crippen LogP contribution in [0.1, 0.15) is 32.6 Å². The van der Waals surface area contributed by atoms with E-state index in [0.717, 1.165) is 58.8 Å². The van der Waals surface area contributed by atoms with Gasteiger partial charge in [0, 0.05) is 44.7 Å². The van der Waals surface area contributed by atoms with E-state index in [1.165, 1.54) is 12.8 Å². The van der Waals surface area contributed by atoms with E-state index < -0.39 is 0 Å². The fourth-order valence-corrected chi connectivity index (χ4v) is 6.76. The molecule has 0 N–H and O–H groups in total. The predicted molar refractivity (Wildman–Crippen MR) is 101 cm³/mol. The maximum absolute atomic E-state index is 12.9. The molecule has 154 valence electrons. The Hall–Kier alpha value is -1.34. The van der Waals surface area contributed by atoms with E-state index in [4.69, 9.17) is 9.47 Å². The fourth-order valence-electron chi connectivity index (χ4n) is 6.76. The van der Waals surface area contributed by atoms with Crippen molar-refractivity contribution in [3.63, 3.8) is 0 Å². The van der Waals surface area contributed by atoms with Gasteiger partial charge in [-0.1, -0.05) is 0 Å². The van der Waals surface area contributed by atoms with E-state index in [2.05, 4.69) is 9.80 Å². The van der Waals surface area contributed by atoms with Crippen LogP contribution in [-0.2, 0) is 14.3 Å². The number of carbonyl (C=O) groups excluding carboxylic acids is 2. The first kappa shape index (κ1) is 17.5. The molecule has 7 heteroatoms. The number of fused-ring (bicyclic) bond motifs is 1. The van der Waals surface area contributed by atoms with Crippen LogP contribution in [0.5, 0.6) is 0 Å². The largest absolute Gasteiger partial charge is 0.450 e. The Labute approximate surface area is 166 Å². The monoisotopic (exact) mass is 389 g/mol. The summed E-state index contributed by atoms with van der Waals surface area (Å²) in [6.45, 7) is 8.65. The first-order valence-corrected chi connectivity index (χ1v) is 11.1. The highest BCUT2D eigenvalue weighted by molar-refractivity contribution is 5.84. The number of likely N-dealkylation sites (tertiary alicyclic amines) is 3. The Morgan fingerprint density at radius 1 is 1.11 bits per heavy atom. The van der Waals surface area contributed by atoms with Gasteiger partial charge in [0.25, 0.3) is 0 Å². The Morgan fingerprint density at radius 2 is 1.86 bits per heavy atom. The van der Waals surface area contributed by atoms with Gasteiger partial charge in [-0.25, -0.2) is 4.79 Å². The molecule has 2 spiro atoms. The van der Waals surface area contributed by atoms with Gasteiger partial charge in [-0.3, -0.25) is 9.69 Å². The average molecular weight is 389 g/mol. The molecule has 0 aromatic heterocycles. The molecule has 0 radical (unpaired) electrons. The summed E-state index contributed by atoms with van der Waals surface area (Å²) in [5.74, 6) is 1.87. The molecule has 0 aromatic rings. The van der Waals surface area contributed by atoms with Crippen molar-refractivity contribution in [2.45, 2.75) is 44.2 Å². The number of piperidine rings is 1. The Balaban J connectivity index is 0.987. The summed E-state index contributed by atoms with van der Waals surface area (Å²) in [5, 5.41) is 0. The van der Waals surface area contributed by atoms with Crippen molar-refractivity contribution in [2.75, 3.05) is 52.5 Å². The molecule has 2 saturated carbocycles. The lowest BCUT2D eigenvalue weighted by atomic mass is 9.64. The van der Waals surface area contributed by atoms with Gasteiger partial charge < -0.3 is 19.3 Å². The van der Waals surface area contributed by atoms with Crippen LogP contribution in [0.4, 0.5) is 4.79 Å². The number of rotatable bonds is 3. The van der Waals surface area contributed by atoms with Gasteiger partial charge >= 0.3 is 6.09 Å². The van der Waals surface area contributed by atoms with Crippen molar-refractivity contribution in [1.29, 1.82) is 0 Å². The summed E-state index contributed by atoms with van der Waals surface area (Å²) in [7, 11) is 0. The van der Waals surface area contributed by atoms with Crippen LogP contribution < -0.4 is 0 Å². The second-order valence-electron chi connectivity index (χ2n) is 10.2. The molecular weight excluding hydrogens is 358 g/mol. The van der Waals surface area contributed by atoms with Crippen molar-refractivity contribution >= 4 is 12.0 Å². The average Bonchev–Trinajstić information content (AvgIpc) is 2.95. The fraction of sp³-hybridized carbons (Fsp3) is 0.905. The molecule has 7 nitrogen and oxygen atoms in total. The zero-order valence-electron chi connectivity index (χ0n) is 16.8. The van der Waals surface area contributed by atoms with Crippen molar-refractivity contribution in [3.8, 4) is 0 Å². The lowest BCUT2D eigenvalue weighted by molar-refractivity contribution is -0.201. The number of carbonyl (C=O) groups is 2. The van der Waals surface area contributed by atoms with Crippen molar-refractivity contribution < 1.29 is 19.1 Å². The number of hydrogen-bond acceptors (Lipinski definition) is 5. The molecule has 3 atom stereocenters. The Bertz CT molecular complexity index is 684. The van der Waals surface area contributed by atoms with Crippen molar-refractivity contribution in [2.24, 2.45) is 23.2 Å². The van der Waals surface area contributed by atoms with Crippen LogP contribution in [0.15, 0.2) is 0 Å². The Kier molecular flexibility index (Phi) is 3.66. The topological polar surface area (TPSA) is 62.3 Å². The lowest BCUT2D eigenvalue weighted by Gasteiger charge is -2.57. The number of ether oxygens (including phenoxy) is 2. The summed E-state index contributed by atoms with van der Waals surface area (Å²) >= 11 is 0. The number of amides is 2. The third kappa shape index (κ3) is 2.35. The van der Waals surface area contributed by atoms with Gasteiger partial charge in [-0.15, -0.1) is 0 Å². The summed E-state index contributed by atoms with van der Waals surface area (Å²) < 4.78 is 10.5. The first-order valence-electron chi connectivity index (χ1n) is 11.1. The minimum absolute atomic E-state index is 0.0846. The van der Waals surface area contributed by atoms with Gasteiger partial charge in [0.15, 0.2) is 0 Å². The van der Waals surface area contributed by atoms with E-state index in [9.17, 15) is 9.59 Å². The lowest BCUT2D eigenvalue weighted by Crippen LogP contribution is -2.72. The molecule has 0 bridgehead atoms. The summed E-state index contributed by atoms with van der Waals surface area (Å²) in [5.41, 5.74) is 0.412. The maximum Gasteiger partial charge on any atom is 0.409 e. The molecule has 6 aliphatic rings. The van der Waals surface area contributed by atoms with Crippen LogP contribution in [0, 0.1) is 23.2 Å². The molecule has 4 aliphatic heterocycles. The standard InChI is InChI=1S/C21H31N3O4/c1-2-28-19(26)22-5-3-20(11-22)7-14(8-20)23-9-15-16(10-23)17(15)18(25)24-6-4-21(24)12-27-13-21/h14-17H,2-13H2,1H3/t14?,15-,16+,17?,20?. The molecule has 2 amide bonds. The number of hydrogen-bond donors (Lipinski definition) is 0. The summed E-state index contributed by atoms with van der Waals surface area (Å²) in [6.07, 6.45) is 4.50. The summed E-state index contributed by atoms with van der Waals surface area (Å²) in [4.78, 5) is 31.6. The van der Waals surface area contributed by atoms with Crippen molar-refractivity contribution in [3.05, 3.63) is 0 Å². The molecule has 6 rings (SSSR count). The smallest absolute Gasteiger partial charge is 0.409 e. The van der Waals surface area contributed by atoms with E-state index in [1.54, 1.807) is 0 Å². The Morgan fingerprint density at radius 3 is 2.43 bits per heavy atom. The summed E-state index contributed by atoms with van der Waals surface area (Å²) in [6, 6.07) is 0.654. The molecule has 2 aliphatic carbocycles. The SMILES string of the molecule is CCOC(=O)N1CCC2(CC(N3C[C@@H]4C(C(=O)N5CCC56COC6)[C@@H]4C3)C2)C1. The van der Waals surface area contributed by atoms with Crippen LogP contribution in [0.2, 0.25) is 0 Å². The molecule has 6 fully saturated rings. The molecule has 28 heavy (non-hydrogen) atoms. The van der Waals surface area contributed by atoms with E-state index >= 15 is 0 Å². The third-order valence-electron chi connectivity index (χ3n) is 8.71. The molecule has 4 heterocycles. The van der Waals surface area contributed by atoms with Gasteiger partial charge in [-0.05, 0) is 49.9 Å². The van der Waals surface area contributed by atoms with Gasteiger partial charge in [0.05, 0.1) is 25.4 Å². The minimum Gasteiger partial charge on any atom is -0.450 e. The predicted octanol–water partition coefficient (Wildman–Crippen LogP) is 1.18. The molecule has 4 saturated heterocycles. The third-order valence-corrected chi connectivity index (χ3v) is 8.71. The van der Waals surface area contributed by atoms with Crippen LogP contribution in [-0.4, -0.2) is 90.8 Å². The zero-order chi connectivity index (χ0) is 19.1. The second kappa shape index (κ2) is 5.85. The quantitative estimate of drug-likeness (QED) is 0.725. The zero-order valence-corrected chi connectivity index (χ0v) is 16.8. The maximum atomic E-state index is 12.9. The molecule has 0 aromatic carbocycles. The highest BCUT2D eigenvalue weighted by atomic mass is 16.6. The first-order chi connectivity index (χ1) is 13.5. The van der Waals surface area contributed by atoms with E-state index in [1.807, 2.05) is 11.8 Å². The van der Waals surface area contributed by atoms with Crippen molar-refractivity contribution in [1.82, 2.24) is 14.7 Å². The van der Waals surface area contributed by atoms with E-state index in [0.29, 0.717) is 35.8 Å². The van der Waals surface area contributed by atoms with Gasteiger partial charge in [0.1, 0.15) is 0 Å².